The van der Waals surface area contributed by atoms with Crippen molar-refractivity contribution in [1.82, 2.24) is 9.80 Å². The van der Waals surface area contributed by atoms with Crippen LogP contribution >= 0.6 is 0 Å². The normalized spacial score (nSPS) is 15.9. The second-order valence-corrected chi connectivity index (χ2v) is 2.49. The number of imide groups is 1. The molecule has 0 aromatic carbocycles. The van der Waals surface area contributed by atoms with Crippen LogP contribution in [0.15, 0.2) is 5.11 Å². The van der Waals surface area contributed by atoms with E-state index in [1.54, 1.807) is 0 Å². The quantitative estimate of drug-likeness (QED) is 0.347. The van der Waals surface area contributed by atoms with E-state index in [0.717, 1.165) is 4.90 Å². The Hall–Kier alpha value is -1.75. The van der Waals surface area contributed by atoms with Gasteiger partial charge in [-0.25, -0.2) is 4.79 Å². The molecule has 0 saturated carbocycles. The van der Waals surface area contributed by atoms with Gasteiger partial charge in [0, 0.05) is 29.7 Å². The molecular weight excluding hydrogens is 174 g/mol. The molecule has 0 atom stereocenters. The van der Waals surface area contributed by atoms with Crippen molar-refractivity contribution >= 4 is 12.1 Å². The van der Waals surface area contributed by atoms with Crippen LogP contribution in [0.2, 0.25) is 0 Å². The fraction of sp³-hybridized carbons (Fsp3) is 0.667. The second kappa shape index (κ2) is 3.77. The summed E-state index contributed by atoms with van der Waals surface area (Å²) in [5.74, 6) is 0. The van der Waals surface area contributed by atoms with E-state index in [1.165, 1.54) is 4.90 Å². The molecule has 1 fully saturated rings. The third-order valence-electron chi connectivity index (χ3n) is 1.84. The fourth-order valence-electron chi connectivity index (χ4n) is 1.15. The van der Waals surface area contributed by atoms with Crippen LogP contribution in [-0.2, 0) is 0 Å². The van der Waals surface area contributed by atoms with Gasteiger partial charge in [0.15, 0.2) is 0 Å². The number of nitrogens with zero attached hydrogens (tertiary/aromatic N) is 5. The first-order chi connectivity index (χ1) is 6.20. The molecule has 7 nitrogen and oxygen atoms in total. The highest BCUT2D eigenvalue weighted by Gasteiger charge is 2.31. The summed E-state index contributed by atoms with van der Waals surface area (Å²) in [6.07, 6.45) is 0. The van der Waals surface area contributed by atoms with E-state index >= 15 is 0 Å². The minimum absolute atomic E-state index is 0.296. The van der Waals surface area contributed by atoms with Gasteiger partial charge >= 0.3 is 12.1 Å². The van der Waals surface area contributed by atoms with E-state index in [0.29, 0.717) is 19.6 Å². The molecular formula is C6H9N5O2. The van der Waals surface area contributed by atoms with E-state index in [1.807, 2.05) is 6.92 Å². The number of amides is 4. The summed E-state index contributed by atoms with van der Waals surface area (Å²) in [7, 11) is 0. The van der Waals surface area contributed by atoms with Crippen molar-refractivity contribution in [2.24, 2.45) is 5.11 Å². The number of carbonyl (C=O) groups is 2. The Kier molecular flexibility index (Phi) is 2.71. The van der Waals surface area contributed by atoms with Crippen LogP contribution in [0.25, 0.3) is 10.4 Å². The molecule has 70 valence electrons. The molecule has 0 N–H and O–H groups in total. The summed E-state index contributed by atoms with van der Waals surface area (Å²) in [5, 5.41) is 2.85. The van der Waals surface area contributed by atoms with Crippen molar-refractivity contribution in [2.45, 2.75) is 6.92 Å². The molecule has 1 aliphatic heterocycles. The van der Waals surface area contributed by atoms with Crippen molar-refractivity contribution in [2.75, 3.05) is 19.6 Å². The maximum Gasteiger partial charge on any atom is 0.326 e. The minimum Gasteiger partial charge on any atom is -0.323 e. The van der Waals surface area contributed by atoms with Gasteiger partial charge in [0.2, 0.25) is 0 Å². The first-order valence-electron chi connectivity index (χ1n) is 3.86. The highest BCUT2D eigenvalue weighted by atomic mass is 16.2. The number of hydrogen-bond donors (Lipinski definition) is 0. The summed E-state index contributed by atoms with van der Waals surface area (Å²) < 4.78 is 0. The Morgan fingerprint density at radius 1 is 1.69 bits per heavy atom. The average Bonchev–Trinajstić information content (AvgIpc) is 2.47. The standard InChI is InChI=1S/C6H9N5O2/c1-2-10-3-4-11(6(10)13)5(12)8-9-7/h2-4H2,1H3. The summed E-state index contributed by atoms with van der Waals surface area (Å²) in [6.45, 7) is 3.17. The van der Waals surface area contributed by atoms with Crippen LogP contribution in [0.5, 0.6) is 0 Å². The third kappa shape index (κ3) is 1.70. The minimum atomic E-state index is -0.830. The topological polar surface area (TPSA) is 89.4 Å². The first kappa shape index (κ1) is 9.34. The predicted molar refractivity (Wildman–Crippen MR) is 43.9 cm³/mol. The Labute approximate surface area is 74.5 Å². The van der Waals surface area contributed by atoms with Crippen LogP contribution < -0.4 is 0 Å². The summed E-state index contributed by atoms with van der Waals surface area (Å²) >= 11 is 0. The number of rotatable bonds is 1. The molecule has 1 saturated heterocycles. The highest BCUT2D eigenvalue weighted by Crippen LogP contribution is 2.09. The Balaban J connectivity index is 2.69. The lowest BCUT2D eigenvalue weighted by Gasteiger charge is -2.13. The van der Waals surface area contributed by atoms with Gasteiger partial charge in [0.05, 0.1) is 0 Å². The van der Waals surface area contributed by atoms with Gasteiger partial charge in [-0.1, -0.05) is 0 Å². The molecule has 13 heavy (non-hydrogen) atoms. The van der Waals surface area contributed by atoms with E-state index in [2.05, 4.69) is 10.0 Å². The Morgan fingerprint density at radius 2 is 2.38 bits per heavy atom. The van der Waals surface area contributed by atoms with Crippen molar-refractivity contribution in [3.05, 3.63) is 10.4 Å². The van der Waals surface area contributed by atoms with Gasteiger partial charge in [-0.2, -0.15) is 0 Å². The van der Waals surface area contributed by atoms with E-state index in [4.69, 9.17) is 5.53 Å². The van der Waals surface area contributed by atoms with Gasteiger partial charge in [-0.3, -0.25) is 9.69 Å². The molecule has 1 heterocycles. The van der Waals surface area contributed by atoms with E-state index < -0.39 is 6.03 Å². The molecule has 0 bridgehead atoms. The van der Waals surface area contributed by atoms with Crippen LogP contribution in [-0.4, -0.2) is 41.5 Å². The van der Waals surface area contributed by atoms with Crippen LogP contribution in [0.1, 0.15) is 6.92 Å². The number of likely N-dealkylation sites (N-methyl/N-ethyl adjacent to an activating group) is 1. The van der Waals surface area contributed by atoms with Crippen molar-refractivity contribution < 1.29 is 9.59 Å². The van der Waals surface area contributed by atoms with Crippen molar-refractivity contribution in [3.63, 3.8) is 0 Å². The molecule has 0 radical (unpaired) electrons. The summed E-state index contributed by atoms with van der Waals surface area (Å²) in [6, 6.07) is -1.22. The van der Waals surface area contributed by atoms with Gasteiger partial charge in [0.25, 0.3) is 0 Å². The lowest BCUT2D eigenvalue weighted by molar-refractivity contribution is 0.190. The maximum atomic E-state index is 11.3. The molecule has 1 rings (SSSR count). The van der Waals surface area contributed by atoms with E-state index in [9.17, 15) is 9.59 Å². The molecule has 0 spiro atoms. The van der Waals surface area contributed by atoms with E-state index in [-0.39, 0.29) is 6.03 Å². The lowest BCUT2D eigenvalue weighted by Crippen LogP contribution is -2.34. The van der Waals surface area contributed by atoms with Gasteiger partial charge in [-0.05, 0) is 12.5 Å². The summed E-state index contributed by atoms with van der Waals surface area (Å²) in [5.41, 5.74) is 7.99. The number of urea groups is 2. The maximum absolute atomic E-state index is 11.3. The third-order valence-corrected chi connectivity index (χ3v) is 1.84. The zero-order chi connectivity index (χ0) is 9.84. The Morgan fingerprint density at radius 3 is 2.85 bits per heavy atom. The first-order valence-corrected chi connectivity index (χ1v) is 3.86. The molecule has 0 aromatic rings. The largest absolute Gasteiger partial charge is 0.326 e. The zero-order valence-corrected chi connectivity index (χ0v) is 7.17. The zero-order valence-electron chi connectivity index (χ0n) is 7.17. The molecule has 0 aliphatic carbocycles. The summed E-state index contributed by atoms with van der Waals surface area (Å²) in [4.78, 5) is 27.0. The average molecular weight is 183 g/mol. The number of azide groups is 1. The monoisotopic (exact) mass is 183 g/mol. The SMILES string of the molecule is CCN1CCN(C(=O)N=[N+]=[N-])C1=O. The highest BCUT2D eigenvalue weighted by molar-refractivity contribution is 5.95. The number of carbonyl (C=O) groups excluding carboxylic acids is 2. The molecule has 0 aromatic heterocycles. The van der Waals surface area contributed by atoms with Gasteiger partial charge < -0.3 is 4.90 Å². The van der Waals surface area contributed by atoms with Crippen LogP contribution in [0.3, 0.4) is 0 Å². The lowest BCUT2D eigenvalue weighted by atomic mass is 10.6. The molecule has 0 unspecified atom stereocenters. The Bertz CT molecular complexity index is 283. The van der Waals surface area contributed by atoms with Crippen LogP contribution in [0, 0.1) is 0 Å². The number of hydrogen-bond acceptors (Lipinski definition) is 2. The molecule has 7 heteroatoms. The smallest absolute Gasteiger partial charge is 0.323 e. The fourth-order valence-corrected chi connectivity index (χ4v) is 1.15. The molecule has 4 amide bonds. The van der Waals surface area contributed by atoms with Crippen LogP contribution in [0.4, 0.5) is 9.59 Å². The van der Waals surface area contributed by atoms with Crippen molar-refractivity contribution in [1.29, 1.82) is 0 Å². The van der Waals surface area contributed by atoms with Gasteiger partial charge in [-0.15, -0.1) is 0 Å². The molecule has 1 aliphatic rings. The predicted octanol–water partition coefficient (Wildman–Crippen LogP) is 1.17. The van der Waals surface area contributed by atoms with Crippen molar-refractivity contribution in [3.8, 4) is 0 Å². The van der Waals surface area contributed by atoms with Gasteiger partial charge in [0.1, 0.15) is 0 Å². The second-order valence-electron chi connectivity index (χ2n) is 2.49.